The standard InChI is InChI=1S/C20H17F6N3OS/c1-2-6-27-17-16(31-18(30)28-17)8-12-5-7-29(10-12)11-13-3-4-14(19(21,22)23)9-15(13)20(24,25)26/h1,3-4,8-9,12H,5-7,10-11H2,(H,27,28,30). The number of amidine groups is 1. The molecule has 166 valence electrons. The second kappa shape index (κ2) is 8.96. The lowest BCUT2D eigenvalue weighted by molar-refractivity contribution is -0.143. The van der Waals surface area contributed by atoms with E-state index in [1.807, 2.05) is 6.08 Å². The molecule has 1 aromatic carbocycles. The van der Waals surface area contributed by atoms with Crippen molar-refractivity contribution in [1.82, 2.24) is 10.2 Å². The third-order valence-corrected chi connectivity index (χ3v) is 5.65. The van der Waals surface area contributed by atoms with Gasteiger partial charge in [0.05, 0.1) is 16.0 Å². The minimum absolute atomic E-state index is 0.0463. The SMILES string of the molecule is C#CCN=C1NC(=O)SC1=CC1CCN(Cc2ccc(C(F)(F)F)cc2C(F)(F)F)C1. The molecule has 3 rings (SSSR count). The zero-order valence-electron chi connectivity index (χ0n) is 16.0. The van der Waals surface area contributed by atoms with E-state index < -0.39 is 23.5 Å². The number of nitrogens with one attached hydrogen (secondary N) is 1. The summed E-state index contributed by atoms with van der Waals surface area (Å²) in [7, 11) is 0. The number of benzene rings is 1. The van der Waals surface area contributed by atoms with Crippen molar-refractivity contribution in [3.8, 4) is 12.3 Å². The van der Waals surface area contributed by atoms with E-state index in [4.69, 9.17) is 6.42 Å². The van der Waals surface area contributed by atoms with Crippen LogP contribution in [-0.4, -0.2) is 35.6 Å². The number of likely N-dealkylation sites (tertiary alicyclic amines) is 1. The Balaban J connectivity index is 1.74. The average molecular weight is 461 g/mol. The van der Waals surface area contributed by atoms with Crippen LogP contribution in [0.3, 0.4) is 0 Å². The van der Waals surface area contributed by atoms with E-state index in [0.717, 1.165) is 17.8 Å². The summed E-state index contributed by atoms with van der Waals surface area (Å²) in [5.41, 5.74) is -2.83. The fourth-order valence-electron chi connectivity index (χ4n) is 3.44. The average Bonchev–Trinajstić information content (AvgIpc) is 3.24. The van der Waals surface area contributed by atoms with Gasteiger partial charge in [-0.05, 0) is 48.3 Å². The summed E-state index contributed by atoms with van der Waals surface area (Å²) < 4.78 is 78.6. The highest BCUT2D eigenvalue weighted by Crippen LogP contribution is 2.38. The van der Waals surface area contributed by atoms with Crippen LogP contribution in [0.1, 0.15) is 23.1 Å². The molecule has 1 aromatic rings. The number of rotatable bonds is 4. The first-order chi connectivity index (χ1) is 14.5. The maximum absolute atomic E-state index is 13.4. The second-order valence-electron chi connectivity index (χ2n) is 7.07. The minimum Gasteiger partial charge on any atom is -0.300 e. The van der Waals surface area contributed by atoms with Crippen molar-refractivity contribution >= 4 is 22.8 Å². The van der Waals surface area contributed by atoms with E-state index in [1.165, 1.54) is 0 Å². The number of terminal acetylenes is 1. The molecule has 2 aliphatic rings. The summed E-state index contributed by atoms with van der Waals surface area (Å²) in [4.78, 5) is 18.1. The van der Waals surface area contributed by atoms with Crippen molar-refractivity contribution in [1.29, 1.82) is 0 Å². The molecule has 2 aliphatic heterocycles. The fourth-order valence-corrected chi connectivity index (χ4v) is 4.26. The molecule has 1 atom stereocenters. The van der Waals surface area contributed by atoms with Crippen LogP contribution < -0.4 is 5.32 Å². The number of hydrogen-bond donors (Lipinski definition) is 1. The maximum atomic E-state index is 13.4. The number of aliphatic imine (C=N–C) groups is 1. The Morgan fingerprint density at radius 1 is 1.26 bits per heavy atom. The summed E-state index contributed by atoms with van der Waals surface area (Å²) in [6.07, 6.45) is -2.12. The molecular weight excluding hydrogens is 444 g/mol. The number of hydrogen-bond acceptors (Lipinski definition) is 4. The van der Waals surface area contributed by atoms with Gasteiger partial charge in [-0.25, -0.2) is 0 Å². The van der Waals surface area contributed by atoms with Gasteiger partial charge in [0.25, 0.3) is 5.24 Å². The van der Waals surface area contributed by atoms with E-state index in [9.17, 15) is 31.1 Å². The molecule has 0 spiro atoms. The summed E-state index contributed by atoms with van der Waals surface area (Å²) in [5, 5.41) is 2.29. The van der Waals surface area contributed by atoms with Crippen LogP contribution >= 0.6 is 11.8 Å². The molecule has 1 unspecified atom stereocenters. The van der Waals surface area contributed by atoms with Gasteiger partial charge in [0.1, 0.15) is 12.4 Å². The lowest BCUT2D eigenvalue weighted by Gasteiger charge is -2.20. The molecular formula is C20H17F6N3OS. The normalized spacial score (nSPS) is 22.9. The van der Waals surface area contributed by atoms with E-state index in [1.54, 1.807) is 4.90 Å². The molecule has 11 heteroatoms. The van der Waals surface area contributed by atoms with Gasteiger partial charge in [0.2, 0.25) is 0 Å². The lowest BCUT2D eigenvalue weighted by Crippen LogP contribution is -2.23. The Bertz CT molecular complexity index is 961. The first kappa shape index (κ1) is 23.2. The monoisotopic (exact) mass is 461 g/mol. The molecule has 0 radical (unpaired) electrons. The van der Waals surface area contributed by atoms with Crippen LogP contribution in [0.4, 0.5) is 31.1 Å². The molecule has 2 fully saturated rings. The topological polar surface area (TPSA) is 44.7 Å². The minimum atomic E-state index is -4.90. The zero-order valence-corrected chi connectivity index (χ0v) is 16.8. The number of thioether (sulfide) groups is 1. The predicted octanol–water partition coefficient (Wildman–Crippen LogP) is 4.92. The highest BCUT2D eigenvalue weighted by molar-refractivity contribution is 8.18. The van der Waals surface area contributed by atoms with Gasteiger partial charge in [0.15, 0.2) is 0 Å². The molecule has 31 heavy (non-hydrogen) atoms. The summed E-state index contributed by atoms with van der Waals surface area (Å²) in [5.74, 6) is 2.67. The van der Waals surface area contributed by atoms with Crippen molar-refractivity contribution in [3.63, 3.8) is 0 Å². The molecule has 0 bridgehead atoms. The maximum Gasteiger partial charge on any atom is 0.416 e. The van der Waals surface area contributed by atoms with Crippen molar-refractivity contribution in [2.75, 3.05) is 19.6 Å². The van der Waals surface area contributed by atoms with E-state index in [0.29, 0.717) is 36.3 Å². The third kappa shape index (κ3) is 5.83. The van der Waals surface area contributed by atoms with E-state index in [-0.39, 0.29) is 35.9 Å². The van der Waals surface area contributed by atoms with Crippen LogP contribution in [0.25, 0.3) is 0 Å². The van der Waals surface area contributed by atoms with Crippen molar-refractivity contribution in [2.24, 2.45) is 10.9 Å². The Morgan fingerprint density at radius 3 is 2.65 bits per heavy atom. The third-order valence-electron chi connectivity index (χ3n) is 4.82. The Morgan fingerprint density at radius 2 is 2.00 bits per heavy atom. The zero-order chi connectivity index (χ0) is 22.8. The Hall–Kier alpha value is -2.45. The summed E-state index contributed by atoms with van der Waals surface area (Å²) in [6.45, 7) is 0.835. The number of carbonyl (C=O) groups is 1. The van der Waals surface area contributed by atoms with Gasteiger partial charge in [-0.2, -0.15) is 26.3 Å². The van der Waals surface area contributed by atoms with E-state index >= 15 is 0 Å². The molecule has 0 saturated carbocycles. The van der Waals surface area contributed by atoms with Gasteiger partial charge in [-0.15, -0.1) is 6.42 Å². The number of alkyl halides is 6. The Labute approximate surface area is 178 Å². The summed E-state index contributed by atoms with van der Waals surface area (Å²) >= 11 is 0.964. The molecule has 0 aliphatic carbocycles. The van der Waals surface area contributed by atoms with Crippen LogP contribution in [0, 0.1) is 18.3 Å². The van der Waals surface area contributed by atoms with Crippen molar-refractivity contribution in [3.05, 3.63) is 45.9 Å². The van der Waals surface area contributed by atoms with Gasteiger partial charge in [-0.1, -0.05) is 18.1 Å². The lowest BCUT2D eigenvalue weighted by atomic mass is 10.0. The van der Waals surface area contributed by atoms with Gasteiger partial charge < -0.3 is 5.32 Å². The van der Waals surface area contributed by atoms with Crippen LogP contribution in [0.15, 0.2) is 34.2 Å². The van der Waals surface area contributed by atoms with Crippen LogP contribution in [0.5, 0.6) is 0 Å². The molecule has 1 amide bonds. The summed E-state index contributed by atoms with van der Waals surface area (Å²) in [6, 6.07) is 1.71. The second-order valence-corrected chi connectivity index (χ2v) is 8.08. The molecule has 2 saturated heterocycles. The van der Waals surface area contributed by atoms with E-state index in [2.05, 4.69) is 16.2 Å². The number of carbonyl (C=O) groups excluding carboxylic acids is 1. The number of halogens is 6. The van der Waals surface area contributed by atoms with Crippen LogP contribution in [-0.2, 0) is 18.9 Å². The smallest absolute Gasteiger partial charge is 0.300 e. The molecule has 2 heterocycles. The van der Waals surface area contributed by atoms with Gasteiger partial charge >= 0.3 is 12.4 Å². The Kier molecular flexibility index (Phi) is 6.71. The molecule has 1 N–H and O–H groups in total. The first-order valence-corrected chi connectivity index (χ1v) is 9.97. The van der Waals surface area contributed by atoms with Gasteiger partial charge in [0, 0.05) is 13.1 Å². The number of amides is 1. The quantitative estimate of drug-likeness (QED) is 0.512. The highest BCUT2D eigenvalue weighted by Gasteiger charge is 2.38. The van der Waals surface area contributed by atoms with Crippen molar-refractivity contribution < 1.29 is 31.1 Å². The van der Waals surface area contributed by atoms with Crippen LogP contribution in [0.2, 0.25) is 0 Å². The first-order valence-electron chi connectivity index (χ1n) is 9.16. The largest absolute Gasteiger partial charge is 0.416 e. The predicted molar refractivity (Wildman–Crippen MR) is 105 cm³/mol. The molecule has 4 nitrogen and oxygen atoms in total. The van der Waals surface area contributed by atoms with Crippen molar-refractivity contribution in [2.45, 2.75) is 25.3 Å². The van der Waals surface area contributed by atoms with Gasteiger partial charge in [-0.3, -0.25) is 14.7 Å². The fraction of sp³-hybridized carbons (Fsp3) is 0.400. The molecule has 0 aromatic heterocycles. The number of nitrogens with zero attached hydrogens (tertiary/aromatic N) is 2. The highest BCUT2D eigenvalue weighted by atomic mass is 32.2.